The number of nitrogens with two attached hydrogens (primary N) is 1. The van der Waals surface area contributed by atoms with E-state index in [9.17, 15) is 0 Å². The van der Waals surface area contributed by atoms with E-state index < -0.39 is 0 Å². The molecule has 0 aliphatic heterocycles. The van der Waals surface area contributed by atoms with E-state index >= 15 is 0 Å². The molecule has 3 nitrogen and oxygen atoms in total. The van der Waals surface area contributed by atoms with Gasteiger partial charge in [0.05, 0.1) is 0 Å². The van der Waals surface area contributed by atoms with Crippen molar-refractivity contribution in [2.45, 2.75) is 13.3 Å². The third kappa shape index (κ3) is 2.47. The second-order valence-electron chi connectivity index (χ2n) is 2.39. The lowest BCUT2D eigenvalue weighted by molar-refractivity contribution is 1.11. The van der Waals surface area contributed by atoms with Gasteiger partial charge in [0, 0.05) is 6.20 Å². The van der Waals surface area contributed by atoms with Crippen LogP contribution < -0.4 is 11.1 Å². The zero-order valence-corrected chi connectivity index (χ0v) is 7.69. The van der Waals surface area contributed by atoms with E-state index in [0.29, 0.717) is 5.82 Å². The largest absolute Gasteiger partial charge is 0.376 e. The molecule has 1 aromatic rings. The first-order chi connectivity index (χ1) is 5.72. The molecule has 12 heavy (non-hydrogen) atoms. The highest BCUT2D eigenvalue weighted by Crippen LogP contribution is 2.04. The number of rotatable bonds is 2. The third-order valence-corrected chi connectivity index (χ3v) is 1.59. The van der Waals surface area contributed by atoms with Gasteiger partial charge >= 0.3 is 0 Å². The van der Waals surface area contributed by atoms with Gasteiger partial charge in [-0.15, -0.1) is 0 Å². The van der Waals surface area contributed by atoms with Gasteiger partial charge in [-0.05, 0) is 30.3 Å². The maximum atomic E-state index is 5.28. The summed E-state index contributed by atoms with van der Waals surface area (Å²) in [6, 6.07) is 3.85. The Morgan fingerprint density at radius 2 is 2.42 bits per heavy atom. The number of pyridine rings is 1. The summed E-state index contributed by atoms with van der Waals surface area (Å²) < 4.78 is 0. The Kier molecular flexibility index (Phi) is 2.99. The summed E-state index contributed by atoms with van der Waals surface area (Å²) >= 11 is 4.67. The first kappa shape index (κ1) is 8.93. The van der Waals surface area contributed by atoms with E-state index in [1.54, 1.807) is 6.20 Å². The van der Waals surface area contributed by atoms with Gasteiger partial charge in [0.15, 0.2) is 5.11 Å². The molecule has 1 rings (SSSR count). The van der Waals surface area contributed by atoms with Crippen LogP contribution in [-0.2, 0) is 6.42 Å². The van der Waals surface area contributed by atoms with E-state index in [2.05, 4.69) is 29.4 Å². The summed E-state index contributed by atoms with van der Waals surface area (Å²) in [7, 11) is 0. The molecule has 0 aromatic carbocycles. The van der Waals surface area contributed by atoms with Gasteiger partial charge in [-0.25, -0.2) is 4.98 Å². The molecule has 0 saturated carbocycles. The Bertz CT molecular complexity index is 268. The molecule has 0 atom stereocenters. The van der Waals surface area contributed by atoms with Crippen molar-refractivity contribution in [3.05, 3.63) is 23.9 Å². The smallest absolute Gasteiger partial charge is 0.169 e. The number of nitrogens with one attached hydrogen (secondary N) is 1. The van der Waals surface area contributed by atoms with E-state index in [1.165, 1.54) is 5.56 Å². The molecule has 0 unspecified atom stereocenters. The zero-order chi connectivity index (χ0) is 8.97. The topological polar surface area (TPSA) is 50.9 Å². The van der Waals surface area contributed by atoms with Crippen molar-refractivity contribution in [2.75, 3.05) is 5.32 Å². The van der Waals surface area contributed by atoms with Crippen LogP contribution in [0, 0.1) is 0 Å². The highest BCUT2D eigenvalue weighted by Gasteiger charge is 1.93. The SMILES string of the molecule is CCc1ccc(NC(N)=S)nc1. The van der Waals surface area contributed by atoms with Crippen LogP contribution in [0.2, 0.25) is 0 Å². The Morgan fingerprint density at radius 3 is 2.83 bits per heavy atom. The molecule has 0 radical (unpaired) electrons. The maximum Gasteiger partial charge on any atom is 0.169 e. The first-order valence-corrected chi connectivity index (χ1v) is 4.14. The molecule has 0 spiro atoms. The summed E-state index contributed by atoms with van der Waals surface area (Å²) in [6.45, 7) is 2.08. The van der Waals surface area contributed by atoms with Crippen molar-refractivity contribution in [2.24, 2.45) is 5.73 Å². The van der Waals surface area contributed by atoms with Crippen molar-refractivity contribution in [3.63, 3.8) is 0 Å². The van der Waals surface area contributed by atoms with Crippen LogP contribution in [0.5, 0.6) is 0 Å². The normalized spacial score (nSPS) is 9.42. The minimum absolute atomic E-state index is 0.242. The predicted octanol–water partition coefficient (Wildman–Crippen LogP) is 1.30. The molecule has 0 saturated heterocycles. The van der Waals surface area contributed by atoms with Crippen LogP contribution in [0.15, 0.2) is 18.3 Å². The van der Waals surface area contributed by atoms with Crippen LogP contribution in [0.25, 0.3) is 0 Å². The average Bonchev–Trinajstić information content (AvgIpc) is 2.05. The number of nitrogens with zero attached hydrogens (tertiary/aromatic N) is 1. The number of hydrogen-bond donors (Lipinski definition) is 2. The van der Waals surface area contributed by atoms with Gasteiger partial charge < -0.3 is 11.1 Å². The van der Waals surface area contributed by atoms with Crippen LogP contribution >= 0.6 is 12.2 Å². The van der Waals surface area contributed by atoms with Crippen LogP contribution in [0.3, 0.4) is 0 Å². The molecule has 0 bridgehead atoms. The third-order valence-electron chi connectivity index (χ3n) is 1.48. The number of aryl methyl sites for hydroxylation is 1. The monoisotopic (exact) mass is 181 g/mol. The molecule has 1 heterocycles. The van der Waals surface area contributed by atoms with Gasteiger partial charge in [0.25, 0.3) is 0 Å². The van der Waals surface area contributed by atoms with E-state index in [1.807, 2.05) is 12.1 Å². The predicted molar refractivity (Wildman–Crippen MR) is 54.0 cm³/mol. The number of anilines is 1. The molecule has 0 aliphatic rings. The van der Waals surface area contributed by atoms with Gasteiger partial charge in [-0.2, -0.15) is 0 Å². The Morgan fingerprint density at radius 1 is 1.67 bits per heavy atom. The van der Waals surface area contributed by atoms with Gasteiger partial charge in [-0.1, -0.05) is 13.0 Å². The van der Waals surface area contributed by atoms with Gasteiger partial charge in [0.1, 0.15) is 5.82 Å². The maximum absolute atomic E-state index is 5.28. The molecule has 4 heteroatoms. The lowest BCUT2D eigenvalue weighted by Gasteiger charge is -2.02. The Labute approximate surface area is 77.0 Å². The molecule has 0 fully saturated rings. The molecule has 0 amide bonds. The standard InChI is InChI=1S/C8H11N3S/c1-2-6-3-4-7(10-5-6)11-8(9)12/h3-5H,2H2,1H3,(H3,9,10,11,12). The minimum Gasteiger partial charge on any atom is -0.376 e. The molecular weight excluding hydrogens is 170 g/mol. The highest BCUT2D eigenvalue weighted by molar-refractivity contribution is 7.80. The lowest BCUT2D eigenvalue weighted by Crippen LogP contribution is -2.19. The fourth-order valence-corrected chi connectivity index (χ4v) is 0.938. The highest BCUT2D eigenvalue weighted by atomic mass is 32.1. The van der Waals surface area contributed by atoms with E-state index in [0.717, 1.165) is 6.42 Å². The van der Waals surface area contributed by atoms with Crippen molar-refractivity contribution in [1.82, 2.24) is 4.98 Å². The summed E-state index contributed by atoms with van der Waals surface area (Å²) in [5.74, 6) is 0.694. The zero-order valence-electron chi connectivity index (χ0n) is 6.87. The lowest BCUT2D eigenvalue weighted by atomic mass is 10.2. The summed E-state index contributed by atoms with van der Waals surface area (Å²) in [5.41, 5.74) is 6.47. The van der Waals surface area contributed by atoms with Gasteiger partial charge in [0.2, 0.25) is 0 Å². The molecule has 3 N–H and O–H groups in total. The van der Waals surface area contributed by atoms with Crippen LogP contribution in [0.1, 0.15) is 12.5 Å². The van der Waals surface area contributed by atoms with Crippen molar-refractivity contribution >= 4 is 23.1 Å². The summed E-state index contributed by atoms with van der Waals surface area (Å²) in [6.07, 6.45) is 2.79. The molecular formula is C8H11N3S. The van der Waals surface area contributed by atoms with E-state index in [-0.39, 0.29) is 5.11 Å². The molecule has 64 valence electrons. The minimum atomic E-state index is 0.242. The summed E-state index contributed by atoms with van der Waals surface area (Å²) in [4.78, 5) is 4.11. The Balaban J connectivity index is 2.71. The fourth-order valence-electron chi connectivity index (χ4n) is 0.834. The fraction of sp³-hybridized carbons (Fsp3) is 0.250. The van der Waals surface area contributed by atoms with E-state index in [4.69, 9.17) is 5.73 Å². The van der Waals surface area contributed by atoms with Crippen molar-refractivity contribution in [3.8, 4) is 0 Å². The second-order valence-corrected chi connectivity index (χ2v) is 2.83. The van der Waals surface area contributed by atoms with Crippen molar-refractivity contribution in [1.29, 1.82) is 0 Å². The Hall–Kier alpha value is -1.16. The number of aromatic nitrogens is 1. The number of hydrogen-bond acceptors (Lipinski definition) is 2. The average molecular weight is 181 g/mol. The molecule has 1 aromatic heterocycles. The summed E-state index contributed by atoms with van der Waals surface area (Å²) in [5, 5.41) is 3.00. The first-order valence-electron chi connectivity index (χ1n) is 3.73. The second kappa shape index (κ2) is 4.01. The van der Waals surface area contributed by atoms with Crippen LogP contribution in [-0.4, -0.2) is 10.1 Å². The van der Waals surface area contributed by atoms with Crippen LogP contribution in [0.4, 0.5) is 5.82 Å². The molecule has 0 aliphatic carbocycles. The van der Waals surface area contributed by atoms with Gasteiger partial charge in [-0.3, -0.25) is 0 Å². The van der Waals surface area contributed by atoms with Crippen molar-refractivity contribution < 1.29 is 0 Å². The quantitative estimate of drug-likeness (QED) is 0.675. The number of thiocarbonyl (C=S) groups is 1.